The van der Waals surface area contributed by atoms with Gasteiger partial charge >= 0.3 is 29.6 Å². The Morgan fingerprint density at radius 3 is 1.67 bits per heavy atom. The predicted molar refractivity (Wildman–Crippen MR) is 78.1 cm³/mol. The van der Waals surface area contributed by atoms with E-state index in [2.05, 4.69) is 26.4 Å². The zero-order valence-corrected chi connectivity index (χ0v) is 13.2. The molecule has 3 rings (SSSR count). The second-order valence-corrected chi connectivity index (χ2v) is 4.21. The van der Waals surface area contributed by atoms with Crippen molar-refractivity contribution in [3.63, 3.8) is 0 Å². The second-order valence-electron chi connectivity index (χ2n) is 4.21. The number of fused-ring (bicyclic) bond motifs is 2. The summed E-state index contributed by atoms with van der Waals surface area (Å²) in [6.07, 6.45) is 0. The van der Waals surface area contributed by atoms with Crippen LogP contribution >= 0.6 is 0 Å². The van der Waals surface area contributed by atoms with Gasteiger partial charge in [-0.05, 0) is 30.3 Å². The van der Waals surface area contributed by atoms with Gasteiger partial charge in [0.25, 0.3) is 0 Å². The summed E-state index contributed by atoms with van der Waals surface area (Å²) >= 11 is 0. The molecule has 21 heavy (non-hydrogen) atoms. The molecule has 0 saturated carbocycles. The number of rotatable bonds is 4. The molecule has 2 N–H and O–H groups in total. The minimum atomic E-state index is 0. The van der Waals surface area contributed by atoms with E-state index in [9.17, 15) is 9.81 Å². The minimum absolute atomic E-state index is 0. The van der Waals surface area contributed by atoms with Gasteiger partial charge in [0.05, 0.1) is 33.0 Å². The quantitative estimate of drug-likeness (QED) is 0.317. The Balaban J connectivity index is 0.00000161. The van der Waals surface area contributed by atoms with Crippen LogP contribution in [0, 0.1) is 9.81 Å². The first-order valence-corrected chi connectivity index (χ1v) is 5.81. The van der Waals surface area contributed by atoms with Gasteiger partial charge in [-0.1, -0.05) is 12.1 Å². The molecule has 2 aromatic carbocycles. The number of nitroso groups, excluding NO2 is 2. The third-order valence-electron chi connectivity index (χ3n) is 2.96. The smallest absolute Gasteiger partial charge is 0.248 e. The first-order valence-electron chi connectivity index (χ1n) is 5.81. The van der Waals surface area contributed by atoms with Crippen LogP contribution in [0.1, 0.15) is 0 Å². The van der Waals surface area contributed by atoms with Crippen molar-refractivity contribution in [3.05, 3.63) is 52.3 Å². The van der Waals surface area contributed by atoms with Gasteiger partial charge in [0.1, 0.15) is 0 Å². The Hall–Kier alpha value is -2.09. The number of aromatic nitrogens is 1. The largest absolute Gasteiger partial charge is 1.00 e. The molecule has 0 atom stereocenters. The second kappa shape index (κ2) is 6.57. The number of anilines is 2. The van der Waals surface area contributed by atoms with Crippen LogP contribution in [-0.4, -0.2) is 4.98 Å². The summed E-state index contributed by atoms with van der Waals surface area (Å²) in [7, 11) is 0. The number of nitrogens with one attached hydrogen (secondary N) is 2. The van der Waals surface area contributed by atoms with Crippen LogP contribution in [0.5, 0.6) is 0 Å². The van der Waals surface area contributed by atoms with Gasteiger partial charge < -0.3 is 0 Å². The molecule has 1 aromatic heterocycles. The molecule has 0 radical (unpaired) electrons. The molecule has 8 heteroatoms. The van der Waals surface area contributed by atoms with Gasteiger partial charge in [0.15, 0.2) is 0 Å². The topological polar surface area (TPSA) is 95.8 Å². The molecular formula is C13H9N5NaO2+. The van der Waals surface area contributed by atoms with Crippen LogP contribution in [0.4, 0.5) is 11.4 Å². The van der Waals surface area contributed by atoms with Gasteiger partial charge in [-0.3, -0.25) is 0 Å². The molecule has 0 saturated heterocycles. The van der Waals surface area contributed by atoms with Gasteiger partial charge in [-0.2, -0.15) is 0 Å². The molecular weight excluding hydrogens is 281 g/mol. The maximum atomic E-state index is 10.2. The molecule has 0 aliphatic carbocycles. The number of hydrogen-bond donors (Lipinski definition) is 2. The van der Waals surface area contributed by atoms with Crippen molar-refractivity contribution in [1.29, 1.82) is 0 Å². The van der Waals surface area contributed by atoms with E-state index in [4.69, 9.17) is 0 Å². The van der Waals surface area contributed by atoms with Gasteiger partial charge in [-0.25, -0.2) is 15.8 Å². The minimum Gasteiger partial charge on any atom is -0.248 e. The van der Waals surface area contributed by atoms with Crippen molar-refractivity contribution < 1.29 is 29.6 Å². The van der Waals surface area contributed by atoms with Crippen LogP contribution in [0.3, 0.4) is 0 Å². The third-order valence-corrected chi connectivity index (χ3v) is 2.96. The summed E-state index contributed by atoms with van der Waals surface area (Å²) in [6, 6.07) is 12.7. The molecule has 3 aromatic rings. The van der Waals surface area contributed by atoms with Crippen molar-refractivity contribution in [2.45, 2.75) is 0 Å². The van der Waals surface area contributed by atoms with E-state index in [1.807, 2.05) is 18.2 Å². The monoisotopic (exact) mass is 290 g/mol. The van der Waals surface area contributed by atoms with Crippen molar-refractivity contribution >= 4 is 33.2 Å². The van der Waals surface area contributed by atoms with E-state index in [1.54, 1.807) is 24.3 Å². The van der Waals surface area contributed by atoms with E-state index in [1.165, 1.54) is 0 Å². The SMILES string of the molecule is O=NNc1ccc2cc3ccc(NN=O)cc3nc2c1.[Na+]. The van der Waals surface area contributed by atoms with Crippen LogP contribution in [-0.2, 0) is 0 Å². The fourth-order valence-electron chi connectivity index (χ4n) is 2.07. The number of hydrogen-bond acceptors (Lipinski definition) is 5. The molecule has 0 aliphatic rings. The third kappa shape index (κ3) is 3.15. The fraction of sp³-hybridized carbons (Fsp3) is 0. The maximum absolute atomic E-state index is 10.2. The van der Waals surface area contributed by atoms with Crippen LogP contribution < -0.4 is 40.4 Å². The molecule has 7 nitrogen and oxygen atoms in total. The Morgan fingerprint density at radius 1 is 0.762 bits per heavy atom. The summed E-state index contributed by atoms with van der Waals surface area (Å²) < 4.78 is 0. The molecule has 0 spiro atoms. The number of benzene rings is 2. The van der Waals surface area contributed by atoms with Crippen LogP contribution in [0.25, 0.3) is 21.8 Å². The molecule has 1 heterocycles. The van der Waals surface area contributed by atoms with Gasteiger partial charge in [0, 0.05) is 10.8 Å². The Kier molecular flexibility index (Phi) is 4.79. The summed E-state index contributed by atoms with van der Waals surface area (Å²) in [6.45, 7) is 0. The zero-order chi connectivity index (χ0) is 13.9. The predicted octanol–water partition coefficient (Wildman–Crippen LogP) is 0.579. The average Bonchev–Trinajstić information content (AvgIpc) is 2.46. The molecule has 0 fully saturated rings. The summed E-state index contributed by atoms with van der Waals surface area (Å²) in [4.78, 5) is 24.9. The van der Waals surface area contributed by atoms with Crippen molar-refractivity contribution in [2.24, 2.45) is 10.6 Å². The maximum Gasteiger partial charge on any atom is 1.00 e. The Morgan fingerprint density at radius 2 is 1.24 bits per heavy atom. The standard InChI is InChI=1S/C13H9N5O2.Na/c19-17-15-10-3-1-8-5-9-2-4-11(16-18-20)7-13(9)14-12(8)6-10;/h1-7H,(H,15,19)(H,16,20);/q;+1. The van der Waals surface area contributed by atoms with E-state index in [0.29, 0.717) is 11.4 Å². The summed E-state index contributed by atoms with van der Waals surface area (Å²) in [5.74, 6) is 0. The van der Waals surface area contributed by atoms with E-state index >= 15 is 0 Å². The van der Waals surface area contributed by atoms with E-state index in [0.717, 1.165) is 21.8 Å². The molecule has 0 aliphatic heterocycles. The first kappa shape index (κ1) is 15.3. The van der Waals surface area contributed by atoms with Crippen molar-refractivity contribution in [2.75, 3.05) is 10.9 Å². The number of pyridine rings is 1. The van der Waals surface area contributed by atoms with Crippen LogP contribution in [0.15, 0.2) is 53.0 Å². The van der Waals surface area contributed by atoms with E-state index < -0.39 is 0 Å². The fourth-order valence-corrected chi connectivity index (χ4v) is 2.07. The van der Waals surface area contributed by atoms with Gasteiger partial charge in [0.2, 0.25) is 0 Å². The Labute approximate surface area is 141 Å². The molecule has 0 bridgehead atoms. The summed E-state index contributed by atoms with van der Waals surface area (Å²) in [5, 5.41) is 7.15. The summed E-state index contributed by atoms with van der Waals surface area (Å²) in [5.41, 5.74) is 7.27. The zero-order valence-electron chi connectivity index (χ0n) is 11.2. The molecule has 98 valence electrons. The normalized spacial score (nSPS) is 9.90. The molecule has 0 amide bonds. The number of nitrogens with zero attached hydrogens (tertiary/aromatic N) is 3. The van der Waals surface area contributed by atoms with Crippen LogP contribution in [0.2, 0.25) is 0 Å². The molecule has 0 unspecified atom stereocenters. The average molecular weight is 290 g/mol. The Bertz CT molecular complexity index is 759. The van der Waals surface area contributed by atoms with Crippen molar-refractivity contribution in [1.82, 2.24) is 4.98 Å². The van der Waals surface area contributed by atoms with Crippen molar-refractivity contribution in [3.8, 4) is 0 Å². The van der Waals surface area contributed by atoms with Gasteiger partial charge in [-0.15, -0.1) is 9.81 Å². The first-order chi connectivity index (χ1) is 9.80. The van der Waals surface area contributed by atoms with E-state index in [-0.39, 0.29) is 29.6 Å².